The van der Waals surface area contributed by atoms with Crippen molar-refractivity contribution in [2.24, 2.45) is 0 Å². The predicted molar refractivity (Wildman–Crippen MR) is 74.2 cm³/mol. The van der Waals surface area contributed by atoms with Crippen molar-refractivity contribution in [2.45, 2.75) is 6.42 Å². The smallest absolute Gasteiger partial charge is 0.339 e. The number of carboxylic acid groups (broad SMARTS) is 1. The molecule has 0 amide bonds. The van der Waals surface area contributed by atoms with Crippen molar-refractivity contribution >= 4 is 17.5 Å². The van der Waals surface area contributed by atoms with Gasteiger partial charge in [0.2, 0.25) is 0 Å². The van der Waals surface area contributed by atoms with Crippen LogP contribution in [0.4, 0.5) is 15.9 Å². The molecule has 104 valence electrons. The SMILES string of the molecule is Nc1cnc(NCCc2cccc(F)c2)c(C(=O)O)c1. The lowest BCUT2D eigenvalue weighted by Gasteiger charge is -2.09. The molecule has 20 heavy (non-hydrogen) atoms. The number of pyridine rings is 1. The van der Waals surface area contributed by atoms with Crippen LogP contribution in [0.5, 0.6) is 0 Å². The van der Waals surface area contributed by atoms with Gasteiger partial charge in [-0.1, -0.05) is 12.1 Å². The Balaban J connectivity index is 2.02. The second kappa shape index (κ2) is 6.01. The van der Waals surface area contributed by atoms with Crippen molar-refractivity contribution in [2.75, 3.05) is 17.6 Å². The van der Waals surface area contributed by atoms with Crippen LogP contribution >= 0.6 is 0 Å². The average molecular weight is 275 g/mol. The molecule has 0 saturated carbocycles. The Hall–Kier alpha value is -2.63. The van der Waals surface area contributed by atoms with Crippen molar-refractivity contribution in [3.63, 3.8) is 0 Å². The Labute approximate surface area is 115 Å². The molecule has 0 aliphatic carbocycles. The van der Waals surface area contributed by atoms with Gasteiger partial charge in [0.15, 0.2) is 0 Å². The maximum Gasteiger partial charge on any atom is 0.339 e. The number of hydrogen-bond acceptors (Lipinski definition) is 4. The number of carbonyl (C=O) groups is 1. The van der Waals surface area contributed by atoms with E-state index in [0.29, 0.717) is 13.0 Å². The van der Waals surface area contributed by atoms with Crippen LogP contribution in [0.2, 0.25) is 0 Å². The zero-order valence-electron chi connectivity index (χ0n) is 10.6. The third-order valence-electron chi connectivity index (χ3n) is 2.73. The van der Waals surface area contributed by atoms with E-state index >= 15 is 0 Å². The van der Waals surface area contributed by atoms with E-state index in [1.54, 1.807) is 12.1 Å². The van der Waals surface area contributed by atoms with E-state index in [1.807, 2.05) is 0 Å². The highest BCUT2D eigenvalue weighted by Gasteiger charge is 2.11. The van der Waals surface area contributed by atoms with E-state index in [4.69, 9.17) is 10.8 Å². The van der Waals surface area contributed by atoms with Gasteiger partial charge in [0.1, 0.15) is 17.2 Å². The van der Waals surface area contributed by atoms with Gasteiger partial charge in [-0.3, -0.25) is 0 Å². The van der Waals surface area contributed by atoms with Crippen LogP contribution in [0.25, 0.3) is 0 Å². The summed E-state index contributed by atoms with van der Waals surface area (Å²) in [6.45, 7) is 0.445. The average Bonchev–Trinajstić information content (AvgIpc) is 2.40. The number of anilines is 2. The lowest BCUT2D eigenvalue weighted by Crippen LogP contribution is -2.11. The highest BCUT2D eigenvalue weighted by Crippen LogP contribution is 2.15. The van der Waals surface area contributed by atoms with Gasteiger partial charge in [-0.25, -0.2) is 14.2 Å². The second-order valence-electron chi connectivity index (χ2n) is 4.28. The number of nitrogen functional groups attached to an aromatic ring is 1. The fraction of sp³-hybridized carbons (Fsp3) is 0.143. The van der Waals surface area contributed by atoms with Gasteiger partial charge < -0.3 is 16.2 Å². The minimum Gasteiger partial charge on any atom is -0.478 e. The topological polar surface area (TPSA) is 88.2 Å². The van der Waals surface area contributed by atoms with Gasteiger partial charge in [0.25, 0.3) is 0 Å². The van der Waals surface area contributed by atoms with Crippen molar-refractivity contribution in [1.82, 2.24) is 4.98 Å². The third kappa shape index (κ3) is 3.44. The number of halogens is 1. The molecule has 5 nitrogen and oxygen atoms in total. The van der Waals surface area contributed by atoms with E-state index in [0.717, 1.165) is 5.56 Å². The maximum absolute atomic E-state index is 13.0. The Morgan fingerprint density at radius 2 is 2.20 bits per heavy atom. The summed E-state index contributed by atoms with van der Waals surface area (Å²) < 4.78 is 13.0. The summed E-state index contributed by atoms with van der Waals surface area (Å²) in [5.41, 5.74) is 6.64. The van der Waals surface area contributed by atoms with Crippen LogP contribution in [0, 0.1) is 5.82 Å². The van der Waals surface area contributed by atoms with Crippen molar-refractivity contribution < 1.29 is 14.3 Å². The van der Waals surface area contributed by atoms with Gasteiger partial charge in [-0.05, 0) is 30.2 Å². The maximum atomic E-state index is 13.0. The molecule has 0 bridgehead atoms. The summed E-state index contributed by atoms with van der Waals surface area (Å²) in [6.07, 6.45) is 1.94. The lowest BCUT2D eigenvalue weighted by molar-refractivity contribution is 0.0697. The lowest BCUT2D eigenvalue weighted by atomic mass is 10.1. The standard InChI is InChI=1S/C14H14FN3O2/c15-10-3-1-2-9(6-10)4-5-17-13-12(14(19)20)7-11(16)8-18-13/h1-3,6-8H,4-5,16H2,(H,17,18)(H,19,20). The number of aromatic carboxylic acids is 1. The molecule has 0 saturated heterocycles. The zero-order valence-corrected chi connectivity index (χ0v) is 10.6. The highest BCUT2D eigenvalue weighted by molar-refractivity contribution is 5.94. The normalized spacial score (nSPS) is 10.2. The number of aromatic nitrogens is 1. The summed E-state index contributed by atoms with van der Waals surface area (Å²) in [6, 6.07) is 7.60. The van der Waals surface area contributed by atoms with Crippen LogP contribution in [-0.2, 0) is 6.42 Å². The van der Waals surface area contributed by atoms with Gasteiger partial charge >= 0.3 is 5.97 Å². The Bertz CT molecular complexity index is 632. The number of nitrogens with two attached hydrogens (primary N) is 1. The second-order valence-corrected chi connectivity index (χ2v) is 4.28. The van der Waals surface area contributed by atoms with Crippen LogP contribution in [0.3, 0.4) is 0 Å². The largest absolute Gasteiger partial charge is 0.478 e. The van der Waals surface area contributed by atoms with E-state index < -0.39 is 5.97 Å². The minimum absolute atomic E-state index is 0.0178. The van der Waals surface area contributed by atoms with Crippen LogP contribution in [0.15, 0.2) is 36.5 Å². The van der Waals surface area contributed by atoms with Gasteiger partial charge in [0.05, 0.1) is 11.9 Å². The van der Waals surface area contributed by atoms with Gasteiger partial charge in [-0.2, -0.15) is 0 Å². The number of nitrogens with zero attached hydrogens (tertiary/aromatic N) is 1. The van der Waals surface area contributed by atoms with Crippen LogP contribution < -0.4 is 11.1 Å². The monoisotopic (exact) mass is 275 g/mol. The van der Waals surface area contributed by atoms with E-state index in [2.05, 4.69) is 10.3 Å². The van der Waals surface area contributed by atoms with Crippen molar-refractivity contribution in [3.8, 4) is 0 Å². The molecule has 2 rings (SSSR count). The Morgan fingerprint density at radius 3 is 2.90 bits per heavy atom. The summed E-state index contributed by atoms with van der Waals surface area (Å²) in [7, 11) is 0. The van der Waals surface area contributed by atoms with E-state index in [-0.39, 0.29) is 22.9 Å². The number of hydrogen-bond donors (Lipinski definition) is 3. The first-order chi connectivity index (χ1) is 9.56. The first kappa shape index (κ1) is 13.8. The number of benzene rings is 1. The number of rotatable bonds is 5. The van der Waals surface area contributed by atoms with Gasteiger partial charge in [0, 0.05) is 6.54 Å². The molecule has 0 aliphatic rings. The molecule has 0 fully saturated rings. The van der Waals surface area contributed by atoms with Crippen molar-refractivity contribution in [3.05, 3.63) is 53.5 Å². The quantitative estimate of drug-likeness (QED) is 0.778. The molecule has 2 aromatic rings. The van der Waals surface area contributed by atoms with E-state index in [9.17, 15) is 9.18 Å². The summed E-state index contributed by atoms with van der Waals surface area (Å²) in [4.78, 5) is 15.0. The Kier molecular flexibility index (Phi) is 4.14. The fourth-order valence-corrected chi connectivity index (χ4v) is 1.80. The summed E-state index contributed by atoms with van der Waals surface area (Å²) >= 11 is 0. The first-order valence-corrected chi connectivity index (χ1v) is 6.03. The Morgan fingerprint density at radius 1 is 1.40 bits per heavy atom. The molecule has 1 heterocycles. The van der Waals surface area contributed by atoms with Crippen LogP contribution in [-0.4, -0.2) is 22.6 Å². The minimum atomic E-state index is -1.10. The van der Waals surface area contributed by atoms with Crippen LogP contribution in [0.1, 0.15) is 15.9 Å². The molecule has 0 spiro atoms. The molecule has 0 unspecified atom stereocenters. The molecular formula is C14H14FN3O2. The predicted octanol–water partition coefficient (Wildman–Crippen LogP) is 2.16. The fourth-order valence-electron chi connectivity index (χ4n) is 1.80. The molecule has 4 N–H and O–H groups in total. The molecule has 0 atom stereocenters. The molecule has 6 heteroatoms. The molecule has 0 aliphatic heterocycles. The highest BCUT2D eigenvalue weighted by atomic mass is 19.1. The van der Waals surface area contributed by atoms with Crippen molar-refractivity contribution in [1.29, 1.82) is 0 Å². The summed E-state index contributed by atoms with van der Waals surface area (Å²) in [5, 5.41) is 12.0. The summed E-state index contributed by atoms with van der Waals surface area (Å²) in [5.74, 6) is -1.14. The molecule has 1 aromatic heterocycles. The first-order valence-electron chi connectivity index (χ1n) is 6.03. The zero-order chi connectivity index (χ0) is 14.5. The number of carboxylic acids is 1. The number of nitrogens with one attached hydrogen (secondary N) is 1. The third-order valence-corrected chi connectivity index (χ3v) is 2.73. The molecular weight excluding hydrogens is 261 g/mol. The van der Waals surface area contributed by atoms with E-state index in [1.165, 1.54) is 24.4 Å². The molecule has 1 aromatic carbocycles. The van der Waals surface area contributed by atoms with Gasteiger partial charge in [-0.15, -0.1) is 0 Å². The molecule has 0 radical (unpaired) electrons.